The van der Waals surface area contributed by atoms with Gasteiger partial charge in [0.15, 0.2) is 0 Å². The zero-order valence-electron chi connectivity index (χ0n) is 29.5. The molecule has 0 aliphatic heterocycles. The summed E-state index contributed by atoms with van der Waals surface area (Å²) in [5.74, 6) is 9.54. The van der Waals surface area contributed by atoms with E-state index in [4.69, 9.17) is 22.9 Å². The van der Waals surface area contributed by atoms with Gasteiger partial charge in [0.05, 0.1) is 39.0 Å². The summed E-state index contributed by atoms with van der Waals surface area (Å²) in [7, 11) is -3.00. The van der Waals surface area contributed by atoms with Crippen molar-refractivity contribution in [1.82, 2.24) is 0 Å². The van der Waals surface area contributed by atoms with Gasteiger partial charge in [-0.1, -0.05) is 63.0 Å². The summed E-state index contributed by atoms with van der Waals surface area (Å²) in [4.78, 5) is 66.4. The first-order valence-electron chi connectivity index (χ1n) is 14.0. The third-order valence-corrected chi connectivity index (χ3v) is 12.5. The molecule has 0 fully saturated rings. The molecule has 4 aromatic heterocycles. The second-order valence-electron chi connectivity index (χ2n) is 12.2. The van der Waals surface area contributed by atoms with Crippen LogP contribution in [0.4, 0.5) is 0 Å². The molecule has 7 nitrogen and oxygen atoms in total. The second-order valence-corrected chi connectivity index (χ2v) is 25.9. The Kier molecular flexibility index (Phi) is 16.9. The third kappa shape index (κ3) is 10.7. The first-order valence-corrected chi connectivity index (χ1v) is 24.2. The van der Waals surface area contributed by atoms with Gasteiger partial charge in [-0.15, -0.1) is 69.3 Å². The van der Waals surface area contributed by atoms with Crippen LogP contribution in [0.5, 0.6) is 0 Å². The molecule has 0 spiro atoms. The van der Waals surface area contributed by atoms with E-state index < -0.39 is 39.3 Å². The van der Waals surface area contributed by atoms with Crippen LogP contribution in [0.25, 0.3) is 19.5 Å². The van der Waals surface area contributed by atoms with E-state index in [1.807, 2.05) is 0 Å². The molecular weight excluding hydrogens is 795 g/mol. The number of thiophene rings is 4. The maximum atomic E-state index is 12.5. The van der Waals surface area contributed by atoms with Gasteiger partial charge >= 0.3 is 103 Å². The van der Waals surface area contributed by atoms with Crippen LogP contribution in [0.1, 0.15) is 62.4 Å². The predicted octanol–water partition coefficient (Wildman–Crippen LogP) is 0.687. The largest absolute Gasteiger partial charge is 1.00 e. The number of carbonyl (C=O) groups excluding carboxylic acids is 5. The molecule has 0 N–H and O–H groups in total. The quantitative estimate of drug-likeness (QED) is 0.0694. The van der Waals surface area contributed by atoms with Gasteiger partial charge in [-0.05, 0) is 24.3 Å². The number of Topliss-reactive ketones (excluding diaryl/α,β-unsaturated/α-hetero) is 4. The fourth-order valence-electron chi connectivity index (χ4n) is 4.17. The molecule has 6 rings (SSSR count). The van der Waals surface area contributed by atoms with Crippen molar-refractivity contribution in [3.63, 3.8) is 0 Å². The predicted molar refractivity (Wildman–Crippen MR) is 197 cm³/mol. The Bertz CT molecular complexity index is 2090. The molecule has 0 aromatic carbocycles. The Morgan fingerprint density at radius 2 is 0.840 bits per heavy atom. The Labute approximate surface area is 395 Å². The molecule has 0 bridgehead atoms. The van der Waals surface area contributed by atoms with Crippen LogP contribution >= 0.6 is 45.3 Å². The molecule has 0 atom stereocenters. The molecule has 15 heteroatoms. The van der Waals surface area contributed by atoms with Crippen LogP contribution < -0.4 is 108 Å². The minimum absolute atomic E-state index is 0. The van der Waals surface area contributed by atoms with Crippen LogP contribution in [0.2, 0.25) is 39.3 Å². The summed E-state index contributed by atoms with van der Waals surface area (Å²) in [6.45, 7) is 12.9. The van der Waals surface area contributed by atoms with E-state index in [-0.39, 0.29) is 111 Å². The molecule has 0 radical (unpaired) electrons. The fraction of sp³-hybridized carbons (Fsp3) is 0.171. The van der Waals surface area contributed by atoms with E-state index in [0.717, 1.165) is 29.3 Å². The monoisotopic (exact) mass is 820 g/mol. The van der Waals surface area contributed by atoms with Crippen molar-refractivity contribution >= 4 is 91.1 Å². The Balaban J connectivity index is 0.000000456. The van der Waals surface area contributed by atoms with Crippen molar-refractivity contribution in [2.45, 2.75) is 39.3 Å². The van der Waals surface area contributed by atoms with Crippen molar-refractivity contribution in [3.05, 3.63) is 66.0 Å². The van der Waals surface area contributed by atoms with Gasteiger partial charge in [0, 0.05) is 22.3 Å². The Morgan fingerprint density at radius 3 is 1.06 bits per heavy atom. The van der Waals surface area contributed by atoms with Crippen molar-refractivity contribution in [2.24, 2.45) is 0 Å². The molecule has 0 unspecified atom stereocenters. The number of hydrogen-bond acceptors (Lipinski definition) is 11. The Hall–Kier alpha value is -1.14. The van der Waals surface area contributed by atoms with Crippen LogP contribution in [-0.4, -0.2) is 45.8 Å². The van der Waals surface area contributed by atoms with Gasteiger partial charge in [0.25, 0.3) is 6.47 Å². The molecule has 2 aliphatic rings. The number of ketones is 4. The van der Waals surface area contributed by atoms with Gasteiger partial charge in [0.2, 0.25) is 23.1 Å². The molecular formula is C35H26K2O7S4Si2. The summed E-state index contributed by atoms with van der Waals surface area (Å²) < 4.78 is 0. The number of hydrogen-bond donors (Lipinski definition) is 0. The van der Waals surface area contributed by atoms with E-state index in [1.165, 1.54) is 45.3 Å². The maximum absolute atomic E-state index is 12.5. The smallest absolute Gasteiger partial charge is 1.00 e. The topological polar surface area (TPSA) is 118 Å². The van der Waals surface area contributed by atoms with Crippen LogP contribution in [0.15, 0.2) is 24.3 Å². The summed E-state index contributed by atoms with van der Waals surface area (Å²) in [5.41, 5.74) is 8.45. The average molecular weight is 821 g/mol. The minimum atomic E-state index is -1.50. The standard InChI is InChI=1S/C20H20O2S2Si2.C14H4O2S2.CH2O3.2K.H/c1-25(2,3)9-7-13-11-15-17(21)18(22)16-12-14(8-10-26(4,5)6)24-20(16)19(15)23-13;1-3-7-5-9-11(15)12(16)10-6-8(4-2)18-14(10)13(9)17-7;2-1-4-3;;;/h11-12H,1-6H3;1-2,5-6H;1,3H;;;/q;;;2*+1;-1/p-1. The van der Waals surface area contributed by atoms with Crippen LogP contribution in [0, 0.1) is 47.6 Å². The minimum Gasteiger partial charge on any atom is -1.00 e. The van der Waals surface area contributed by atoms with Gasteiger partial charge < -0.3 is 11.6 Å². The SMILES string of the molecule is C#Cc1cc2c(s1)-c1sc(C#C)cc1C(=O)C2=O.C[Si](C)(C)C#Cc1cc2c(s1)-c1sc(C#C[Si](C)(C)C)cc1C(=O)C2=O.O=CO[O-].[H-].[K+].[K+]. The average Bonchev–Trinajstić information content (AvgIpc) is 3.83. The summed E-state index contributed by atoms with van der Waals surface area (Å²) in [6, 6.07) is 6.75. The first-order chi connectivity index (χ1) is 22.5. The van der Waals surface area contributed by atoms with E-state index >= 15 is 0 Å². The second kappa shape index (κ2) is 18.8. The van der Waals surface area contributed by atoms with E-state index in [9.17, 15) is 19.2 Å². The zero-order chi connectivity index (χ0) is 35.6. The maximum Gasteiger partial charge on any atom is 1.00 e. The van der Waals surface area contributed by atoms with Gasteiger partial charge in [-0.2, -0.15) is 0 Å². The molecule has 0 saturated carbocycles. The van der Waals surface area contributed by atoms with Crippen LogP contribution in [0.3, 0.4) is 0 Å². The summed E-state index contributed by atoms with van der Waals surface area (Å²) >= 11 is 5.70. The first kappa shape index (κ1) is 45.0. The molecule has 0 amide bonds. The van der Waals surface area contributed by atoms with Crippen molar-refractivity contribution < 1.29 is 138 Å². The third-order valence-electron chi connectivity index (χ3n) is 6.18. The summed E-state index contributed by atoms with van der Waals surface area (Å²) in [6.07, 6.45) is 10.7. The van der Waals surface area contributed by atoms with Gasteiger partial charge in [-0.3, -0.25) is 24.0 Å². The Morgan fingerprint density at radius 1 is 0.600 bits per heavy atom. The van der Waals surface area contributed by atoms with Gasteiger partial charge in [-0.25, -0.2) is 0 Å². The van der Waals surface area contributed by atoms with Crippen molar-refractivity contribution in [2.75, 3.05) is 0 Å². The molecule has 4 heterocycles. The molecule has 242 valence electrons. The summed E-state index contributed by atoms with van der Waals surface area (Å²) in [5, 5.41) is 8.43. The van der Waals surface area contributed by atoms with Crippen LogP contribution in [-0.2, 0) is 9.68 Å². The van der Waals surface area contributed by atoms with Gasteiger partial charge in [0.1, 0.15) is 16.1 Å². The van der Waals surface area contributed by atoms with Crippen molar-refractivity contribution in [1.29, 1.82) is 0 Å². The number of rotatable bonds is 1. The molecule has 2 aliphatic carbocycles. The number of carbonyl (C=O) groups is 5. The van der Waals surface area contributed by atoms with Crippen molar-refractivity contribution in [3.8, 4) is 67.1 Å². The molecule has 0 saturated heterocycles. The number of terminal acetylenes is 2. The number of fused-ring (bicyclic) bond motifs is 6. The zero-order valence-corrected chi connectivity index (χ0v) is 40.0. The van der Waals surface area contributed by atoms with E-state index in [2.05, 4.69) is 78.9 Å². The fourth-order valence-corrected chi connectivity index (χ4v) is 9.63. The molecule has 4 aromatic rings. The molecule has 50 heavy (non-hydrogen) atoms. The van der Waals surface area contributed by atoms with E-state index in [0.29, 0.717) is 32.0 Å². The van der Waals surface area contributed by atoms with E-state index in [1.54, 1.807) is 24.3 Å². The normalized spacial score (nSPS) is 11.9.